The fourth-order valence-electron chi connectivity index (χ4n) is 2.68. The number of hydrogen-bond acceptors (Lipinski definition) is 7. The van der Waals surface area contributed by atoms with E-state index >= 15 is 0 Å². The molecule has 0 saturated carbocycles. The third-order valence-electron chi connectivity index (χ3n) is 4.06. The molecule has 4 rings (SSSR count). The van der Waals surface area contributed by atoms with E-state index in [1.807, 2.05) is 18.2 Å². The minimum Gasteiger partial charge on any atom is -0.493 e. The van der Waals surface area contributed by atoms with Gasteiger partial charge in [0.2, 0.25) is 5.89 Å². The SMILES string of the molecule is CS(=O)(=O)c1ccc(CSc2nnc(-c3ccc4c(c3)CCO4)o2)cc1. The second-order valence-corrected chi connectivity index (χ2v) is 8.94. The number of aromatic nitrogens is 2. The Kier molecular flexibility index (Phi) is 4.46. The molecule has 8 heteroatoms. The average molecular weight is 388 g/mol. The predicted molar refractivity (Wildman–Crippen MR) is 98.0 cm³/mol. The molecular formula is C18H16N2O4S2. The number of hydrogen-bond donors (Lipinski definition) is 0. The van der Waals surface area contributed by atoms with Gasteiger partial charge in [-0.25, -0.2) is 8.42 Å². The highest BCUT2D eigenvalue weighted by molar-refractivity contribution is 7.98. The number of benzene rings is 2. The Hall–Kier alpha value is -2.32. The zero-order valence-electron chi connectivity index (χ0n) is 14.0. The molecule has 3 aromatic rings. The van der Waals surface area contributed by atoms with Crippen molar-refractivity contribution in [2.75, 3.05) is 12.9 Å². The highest BCUT2D eigenvalue weighted by Crippen LogP contribution is 2.31. The van der Waals surface area contributed by atoms with Crippen LogP contribution in [0.3, 0.4) is 0 Å². The first-order chi connectivity index (χ1) is 12.5. The Bertz CT molecular complexity index is 1040. The van der Waals surface area contributed by atoms with Crippen molar-refractivity contribution in [1.29, 1.82) is 0 Å². The van der Waals surface area contributed by atoms with Gasteiger partial charge in [-0.3, -0.25) is 0 Å². The second-order valence-electron chi connectivity index (χ2n) is 6.00. The highest BCUT2D eigenvalue weighted by Gasteiger charge is 2.16. The molecule has 1 aliphatic heterocycles. The van der Waals surface area contributed by atoms with Gasteiger partial charge in [-0.2, -0.15) is 0 Å². The Labute approximate surface area is 155 Å². The Morgan fingerprint density at radius 1 is 1.12 bits per heavy atom. The first kappa shape index (κ1) is 17.1. The molecule has 0 amide bonds. The number of fused-ring (bicyclic) bond motifs is 1. The molecule has 0 atom stereocenters. The molecule has 0 fully saturated rings. The summed E-state index contributed by atoms with van der Waals surface area (Å²) in [5, 5.41) is 8.67. The van der Waals surface area contributed by atoms with Gasteiger partial charge in [0, 0.05) is 24.0 Å². The molecule has 2 aromatic carbocycles. The van der Waals surface area contributed by atoms with Crippen molar-refractivity contribution in [3.8, 4) is 17.2 Å². The highest BCUT2D eigenvalue weighted by atomic mass is 32.2. The number of sulfone groups is 1. The third kappa shape index (κ3) is 3.61. The van der Waals surface area contributed by atoms with Crippen molar-refractivity contribution in [3.05, 3.63) is 53.6 Å². The standard InChI is InChI=1S/C18H16N2O4S2/c1-26(21,22)15-5-2-12(3-6-15)11-25-18-20-19-17(24-18)14-4-7-16-13(10-14)8-9-23-16/h2-7,10H,8-9,11H2,1H3. The topological polar surface area (TPSA) is 82.3 Å². The summed E-state index contributed by atoms with van der Waals surface area (Å²) in [5.41, 5.74) is 3.02. The molecule has 0 spiro atoms. The van der Waals surface area contributed by atoms with E-state index < -0.39 is 9.84 Å². The molecule has 0 unspecified atom stereocenters. The van der Waals surface area contributed by atoms with E-state index in [4.69, 9.17) is 9.15 Å². The van der Waals surface area contributed by atoms with Crippen molar-refractivity contribution in [1.82, 2.24) is 10.2 Å². The molecule has 0 N–H and O–H groups in total. The first-order valence-electron chi connectivity index (χ1n) is 8.00. The summed E-state index contributed by atoms with van der Waals surface area (Å²) in [7, 11) is -3.18. The summed E-state index contributed by atoms with van der Waals surface area (Å²) >= 11 is 1.41. The quantitative estimate of drug-likeness (QED) is 0.620. The van der Waals surface area contributed by atoms with Gasteiger partial charge in [0.05, 0.1) is 11.5 Å². The van der Waals surface area contributed by atoms with Crippen LogP contribution in [-0.4, -0.2) is 31.5 Å². The Morgan fingerprint density at radius 3 is 2.69 bits per heavy atom. The minimum atomic E-state index is -3.18. The van der Waals surface area contributed by atoms with Gasteiger partial charge in [-0.1, -0.05) is 23.9 Å². The van der Waals surface area contributed by atoms with Gasteiger partial charge < -0.3 is 9.15 Å². The van der Waals surface area contributed by atoms with E-state index in [1.165, 1.54) is 18.0 Å². The molecule has 1 aromatic heterocycles. The maximum absolute atomic E-state index is 11.5. The number of ether oxygens (including phenoxy) is 1. The van der Waals surface area contributed by atoms with E-state index in [0.717, 1.165) is 28.9 Å². The lowest BCUT2D eigenvalue weighted by Gasteiger charge is -2.01. The van der Waals surface area contributed by atoms with Gasteiger partial charge in [-0.05, 0) is 41.5 Å². The van der Waals surface area contributed by atoms with Gasteiger partial charge >= 0.3 is 0 Å². The third-order valence-corrected chi connectivity index (χ3v) is 6.07. The van der Waals surface area contributed by atoms with Crippen molar-refractivity contribution in [3.63, 3.8) is 0 Å². The van der Waals surface area contributed by atoms with E-state index in [9.17, 15) is 8.42 Å². The van der Waals surface area contributed by atoms with Crippen molar-refractivity contribution < 1.29 is 17.6 Å². The van der Waals surface area contributed by atoms with Gasteiger partial charge in [0.25, 0.3) is 5.22 Å². The van der Waals surface area contributed by atoms with Crippen LogP contribution in [0.25, 0.3) is 11.5 Å². The summed E-state index contributed by atoms with van der Waals surface area (Å²) in [5.74, 6) is 2.01. The summed E-state index contributed by atoms with van der Waals surface area (Å²) < 4.78 is 34.2. The Balaban J connectivity index is 1.44. The lowest BCUT2D eigenvalue weighted by Crippen LogP contribution is -1.96. The summed E-state index contributed by atoms with van der Waals surface area (Å²) in [6.07, 6.45) is 2.09. The van der Waals surface area contributed by atoms with Crippen LogP contribution in [0.15, 0.2) is 57.0 Å². The van der Waals surface area contributed by atoms with Crippen molar-refractivity contribution >= 4 is 21.6 Å². The molecule has 0 aliphatic carbocycles. The van der Waals surface area contributed by atoms with Gasteiger partial charge in [0.1, 0.15) is 5.75 Å². The summed E-state index contributed by atoms with van der Waals surface area (Å²) in [6, 6.07) is 12.7. The van der Waals surface area contributed by atoms with Crippen LogP contribution >= 0.6 is 11.8 Å². The smallest absolute Gasteiger partial charge is 0.277 e. The molecule has 0 radical (unpaired) electrons. The van der Waals surface area contributed by atoms with Crippen LogP contribution in [0.4, 0.5) is 0 Å². The van der Waals surface area contributed by atoms with Gasteiger partial charge in [0.15, 0.2) is 9.84 Å². The summed E-state index contributed by atoms with van der Waals surface area (Å²) in [6.45, 7) is 0.710. The maximum Gasteiger partial charge on any atom is 0.277 e. The van der Waals surface area contributed by atoms with Crippen molar-refractivity contribution in [2.45, 2.75) is 22.3 Å². The number of thioether (sulfide) groups is 1. The predicted octanol–water partition coefficient (Wildman–Crippen LogP) is 3.37. The van der Waals surface area contributed by atoms with Crippen molar-refractivity contribution in [2.24, 2.45) is 0 Å². The van der Waals surface area contributed by atoms with Crippen LogP contribution in [0.1, 0.15) is 11.1 Å². The van der Waals surface area contributed by atoms with Gasteiger partial charge in [-0.15, -0.1) is 10.2 Å². The van der Waals surface area contributed by atoms with E-state index in [0.29, 0.717) is 28.4 Å². The van der Waals surface area contributed by atoms with Crippen LogP contribution in [0.5, 0.6) is 5.75 Å². The van der Waals surface area contributed by atoms with E-state index in [1.54, 1.807) is 24.3 Å². The molecule has 134 valence electrons. The summed E-state index contributed by atoms with van der Waals surface area (Å²) in [4.78, 5) is 0.312. The van der Waals surface area contributed by atoms with E-state index in [-0.39, 0.29) is 0 Å². The van der Waals surface area contributed by atoms with Crippen LogP contribution in [0.2, 0.25) is 0 Å². The molecule has 6 nitrogen and oxygen atoms in total. The number of nitrogens with zero attached hydrogens (tertiary/aromatic N) is 2. The molecule has 26 heavy (non-hydrogen) atoms. The van der Waals surface area contributed by atoms with Crippen LogP contribution < -0.4 is 4.74 Å². The zero-order chi connectivity index (χ0) is 18.1. The minimum absolute atomic E-state index is 0.312. The Morgan fingerprint density at radius 2 is 1.92 bits per heavy atom. The fourth-order valence-corrected chi connectivity index (χ4v) is 4.03. The normalized spacial score (nSPS) is 13.4. The van der Waals surface area contributed by atoms with Crippen LogP contribution in [-0.2, 0) is 22.0 Å². The number of rotatable bonds is 5. The molecule has 2 heterocycles. The lowest BCUT2D eigenvalue weighted by molar-refractivity contribution is 0.357. The molecular weight excluding hydrogens is 372 g/mol. The molecule has 1 aliphatic rings. The average Bonchev–Trinajstić information content (AvgIpc) is 3.28. The largest absolute Gasteiger partial charge is 0.493 e. The monoisotopic (exact) mass is 388 g/mol. The zero-order valence-corrected chi connectivity index (χ0v) is 15.6. The first-order valence-corrected chi connectivity index (χ1v) is 10.9. The lowest BCUT2D eigenvalue weighted by atomic mass is 10.1. The molecule has 0 saturated heterocycles. The second kappa shape index (κ2) is 6.77. The van der Waals surface area contributed by atoms with E-state index in [2.05, 4.69) is 10.2 Å². The molecule has 0 bridgehead atoms. The fraction of sp³-hybridized carbons (Fsp3) is 0.222. The maximum atomic E-state index is 11.5. The van der Waals surface area contributed by atoms with Crippen LogP contribution in [0, 0.1) is 0 Å².